The first kappa shape index (κ1) is 18.4. The van der Waals surface area contributed by atoms with Gasteiger partial charge in [0.2, 0.25) is 0 Å². The van der Waals surface area contributed by atoms with Gasteiger partial charge in [-0.05, 0) is 32.7 Å². The normalized spacial score (nSPS) is 32.8. The molecule has 22 heavy (non-hydrogen) atoms. The van der Waals surface area contributed by atoms with Crippen LogP contribution < -0.4 is 5.32 Å². The van der Waals surface area contributed by atoms with Crippen LogP contribution in [-0.4, -0.2) is 79.8 Å². The van der Waals surface area contributed by atoms with E-state index in [1.807, 2.05) is 6.92 Å². The van der Waals surface area contributed by atoms with Crippen LogP contribution in [0.4, 0.5) is 0 Å². The second kappa shape index (κ2) is 7.77. The van der Waals surface area contributed by atoms with Crippen LogP contribution >= 0.6 is 12.4 Å². The predicted molar refractivity (Wildman–Crippen MR) is 90.6 cm³/mol. The molecule has 0 aromatic carbocycles. The summed E-state index contributed by atoms with van der Waals surface area (Å²) in [6, 6.07) is 0.754. The zero-order valence-corrected chi connectivity index (χ0v) is 15.0. The third-order valence-corrected chi connectivity index (χ3v) is 7.34. The molecule has 1 N–H and O–H groups in total. The van der Waals surface area contributed by atoms with Gasteiger partial charge in [0, 0.05) is 51.4 Å². The first-order valence-corrected chi connectivity index (χ1v) is 9.70. The van der Waals surface area contributed by atoms with E-state index in [1.54, 1.807) is 8.61 Å². The Morgan fingerprint density at radius 2 is 1.73 bits per heavy atom. The number of piperazine rings is 1. The molecule has 130 valence electrons. The Bertz CT molecular complexity index is 448. The number of rotatable bonds is 3. The minimum Gasteiger partial charge on any atom is -0.315 e. The summed E-state index contributed by atoms with van der Waals surface area (Å²) in [6.07, 6.45) is 4.33. The lowest BCUT2D eigenvalue weighted by Gasteiger charge is -2.41. The Morgan fingerprint density at radius 3 is 2.32 bits per heavy atom. The molecule has 6 nitrogen and oxygen atoms in total. The lowest BCUT2D eigenvalue weighted by Crippen LogP contribution is -2.57. The molecule has 0 amide bonds. The number of nitrogens with one attached hydrogen (secondary N) is 1. The predicted octanol–water partition coefficient (Wildman–Crippen LogP) is 0.507. The quantitative estimate of drug-likeness (QED) is 0.804. The van der Waals surface area contributed by atoms with Gasteiger partial charge in [0.1, 0.15) is 0 Å². The summed E-state index contributed by atoms with van der Waals surface area (Å²) in [7, 11) is -3.26. The van der Waals surface area contributed by atoms with Crippen molar-refractivity contribution in [2.45, 2.75) is 44.7 Å². The van der Waals surface area contributed by atoms with E-state index >= 15 is 0 Å². The van der Waals surface area contributed by atoms with Crippen LogP contribution in [-0.2, 0) is 10.2 Å². The van der Waals surface area contributed by atoms with Crippen molar-refractivity contribution in [2.75, 3.05) is 45.8 Å². The van der Waals surface area contributed by atoms with Gasteiger partial charge in [0.15, 0.2) is 0 Å². The van der Waals surface area contributed by atoms with Crippen LogP contribution in [0.1, 0.15) is 32.6 Å². The van der Waals surface area contributed by atoms with Crippen molar-refractivity contribution in [3.05, 3.63) is 0 Å². The number of hydrogen-bond acceptors (Lipinski definition) is 4. The van der Waals surface area contributed by atoms with Crippen molar-refractivity contribution in [1.82, 2.24) is 18.8 Å². The highest BCUT2D eigenvalue weighted by Gasteiger charge is 2.37. The number of hydrogen-bond donors (Lipinski definition) is 1. The molecular weight excluding hydrogens is 324 g/mol. The van der Waals surface area contributed by atoms with Crippen LogP contribution in [0.2, 0.25) is 0 Å². The average Bonchev–Trinajstić information content (AvgIpc) is 3.02. The Balaban J connectivity index is 0.00000176. The second-order valence-electron chi connectivity index (χ2n) is 6.54. The van der Waals surface area contributed by atoms with E-state index in [0.29, 0.717) is 25.7 Å². The molecule has 2 atom stereocenters. The summed E-state index contributed by atoms with van der Waals surface area (Å²) in [4.78, 5) is 2.45. The molecule has 0 saturated carbocycles. The maximum absolute atomic E-state index is 12.8. The van der Waals surface area contributed by atoms with Gasteiger partial charge in [0.05, 0.1) is 0 Å². The Kier molecular flexibility index (Phi) is 6.50. The molecule has 3 heterocycles. The highest BCUT2D eigenvalue weighted by atomic mass is 35.5. The number of nitrogens with zero attached hydrogens (tertiary/aromatic N) is 3. The average molecular weight is 353 g/mol. The summed E-state index contributed by atoms with van der Waals surface area (Å²) in [5.41, 5.74) is 0. The maximum atomic E-state index is 12.8. The molecular formula is C14H29ClN4O2S. The molecule has 0 aromatic heterocycles. The second-order valence-corrected chi connectivity index (χ2v) is 8.43. The first-order chi connectivity index (χ1) is 10.1. The summed E-state index contributed by atoms with van der Waals surface area (Å²) in [5, 5.41) is 3.39. The lowest BCUT2D eigenvalue weighted by molar-refractivity contribution is 0.137. The Morgan fingerprint density at radius 1 is 1.00 bits per heavy atom. The Labute approximate surface area is 140 Å². The zero-order chi connectivity index (χ0) is 14.9. The molecule has 3 aliphatic rings. The largest absolute Gasteiger partial charge is 0.315 e. The van der Waals surface area contributed by atoms with Gasteiger partial charge in [-0.3, -0.25) is 4.90 Å². The van der Waals surface area contributed by atoms with Crippen molar-refractivity contribution >= 4 is 22.6 Å². The highest BCUT2D eigenvalue weighted by molar-refractivity contribution is 7.86. The molecule has 3 aliphatic heterocycles. The number of halogens is 1. The van der Waals surface area contributed by atoms with Crippen LogP contribution in [0, 0.1) is 0 Å². The lowest BCUT2D eigenvalue weighted by atomic mass is 10.1. The Hall–Kier alpha value is 0.0800. The van der Waals surface area contributed by atoms with Gasteiger partial charge >= 0.3 is 0 Å². The van der Waals surface area contributed by atoms with E-state index in [9.17, 15) is 8.42 Å². The molecule has 0 spiro atoms. The topological polar surface area (TPSA) is 55.9 Å². The standard InChI is InChI=1S/C14H28N4O2S.ClH/c1-13-4-2-3-7-18(13)21(19,20)17-10-8-16(9-11-17)14-5-6-15-12-14;/h13-15H,2-12H2,1H3;1H. The van der Waals surface area contributed by atoms with Crippen molar-refractivity contribution in [2.24, 2.45) is 0 Å². The fourth-order valence-corrected chi connectivity index (χ4v) is 5.65. The van der Waals surface area contributed by atoms with Gasteiger partial charge in [-0.1, -0.05) is 6.42 Å². The SMILES string of the molecule is CC1CCCCN1S(=O)(=O)N1CCN(C2CCNC2)CC1.Cl. The van der Waals surface area contributed by atoms with Crippen LogP contribution in [0.25, 0.3) is 0 Å². The fourth-order valence-electron chi connectivity index (χ4n) is 3.81. The van der Waals surface area contributed by atoms with Crippen LogP contribution in [0.3, 0.4) is 0 Å². The van der Waals surface area contributed by atoms with Gasteiger partial charge in [-0.25, -0.2) is 0 Å². The molecule has 0 aromatic rings. The molecule has 0 aliphatic carbocycles. The van der Waals surface area contributed by atoms with Gasteiger partial charge < -0.3 is 5.32 Å². The minimum absolute atomic E-state index is 0. The zero-order valence-electron chi connectivity index (χ0n) is 13.4. The summed E-state index contributed by atoms with van der Waals surface area (Å²) in [6.45, 7) is 7.89. The van der Waals surface area contributed by atoms with E-state index in [-0.39, 0.29) is 18.4 Å². The smallest absolute Gasteiger partial charge is 0.282 e. The summed E-state index contributed by atoms with van der Waals surface area (Å²) < 4.78 is 29.0. The van der Waals surface area contributed by atoms with Crippen molar-refractivity contribution in [1.29, 1.82) is 0 Å². The minimum atomic E-state index is -3.26. The summed E-state index contributed by atoms with van der Waals surface area (Å²) in [5.74, 6) is 0. The molecule has 0 bridgehead atoms. The van der Waals surface area contributed by atoms with Gasteiger partial charge in [-0.2, -0.15) is 17.0 Å². The third-order valence-electron chi connectivity index (χ3n) is 5.19. The molecule has 2 unspecified atom stereocenters. The van der Waals surface area contributed by atoms with Gasteiger partial charge in [0.25, 0.3) is 10.2 Å². The van der Waals surface area contributed by atoms with Gasteiger partial charge in [-0.15, -0.1) is 12.4 Å². The summed E-state index contributed by atoms with van der Waals surface area (Å²) >= 11 is 0. The molecule has 3 saturated heterocycles. The fraction of sp³-hybridized carbons (Fsp3) is 1.00. The third kappa shape index (κ3) is 3.76. The number of piperidine rings is 1. The molecule has 8 heteroatoms. The first-order valence-electron chi connectivity index (χ1n) is 8.31. The van der Waals surface area contributed by atoms with E-state index in [0.717, 1.165) is 45.4 Å². The highest BCUT2D eigenvalue weighted by Crippen LogP contribution is 2.23. The monoisotopic (exact) mass is 352 g/mol. The molecule has 0 radical (unpaired) electrons. The molecule has 3 fully saturated rings. The van der Waals surface area contributed by atoms with E-state index in [1.165, 1.54) is 6.42 Å². The van der Waals surface area contributed by atoms with E-state index in [2.05, 4.69) is 10.2 Å². The van der Waals surface area contributed by atoms with Crippen LogP contribution in [0.15, 0.2) is 0 Å². The van der Waals surface area contributed by atoms with Crippen molar-refractivity contribution < 1.29 is 8.42 Å². The van der Waals surface area contributed by atoms with Crippen molar-refractivity contribution in [3.63, 3.8) is 0 Å². The molecule has 3 rings (SSSR count). The maximum Gasteiger partial charge on any atom is 0.282 e. The van der Waals surface area contributed by atoms with E-state index < -0.39 is 10.2 Å². The van der Waals surface area contributed by atoms with Crippen LogP contribution in [0.5, 0.6) is 0 Å². The van der Waals surface area contributed by atoms with E-state index in [4.69, 9.17) is 0 Å². The van der Waals surface area contributed by atoms with Crippen molar-refractivity contribution in [3.8, 4) is 0 Å².